The lowest BCUT2D eigenvalue weighted by Crippen LogP contribution is -2.36. The molecule has 2 aromatic rings. The minimum Gasteiger partial charge on any atom is -0.491 e. The smallest absolute Gasteiger partial charge is 0.119 e. The van der Waals surface area contributed by atoms with Crippen molar-refractivity contribution in [2.45, 2.75) is 6.54 Å². The second kappa shape index (κ2) is 8.57. The SMILES string of the molecule is OCCOc1ccc(NCc2ccccc2N2CCOCC2)cc1. The van der Waals surface area contributed by atoms with Crippen molar-refractivity contribution in [3.8, 4) is 5.75 Å². The number of ether oxygens (including phenoxy) is 2. The average Bonchev–Trinajstić information content (AvgIpc) is 2.66. The van der Waals surface area contributed by atoms with Gasteiger partial charge in [0.1, 0.15) is 12.4 Å². The molecule has 5 nitrogen and oxygen atoms in total. The normalized spacial score (nSPS) is 14.5. The van der Waals surface area contributed by atoms with Gasteiger partial charge in [-0.3, -0.25) is 0 Å². The Morgan fingerprint density at radius 2 is 1.79 bits per heavy atom. The number of morpholine rings is 1. The highest BCUT2D eigenvalue weighted by atomic mass is 16.5. The van der Waals surface area contributed by atoms with Gasteiger partial charge in [-0.25, -0.2) is 0 Å². The molecule has 0 unspecified atom stereocenters. The highest BCUT2D eigenvalue weighted by Crippen LogP contribution is 2.23. The fourth-order valence-corrected chi connectivity index (χ4v) is 2.80. The Morgan fingerprint density at radius 1 is 1.04 bits per heavy atom. The molecule has 1 fully saturated rings. The summed E-state index contributed by atoms with van der Waals surface area (Å²) in [7, 11) is 0. The maximum Gasteiger partial charge on any atom is 0.119 e. The topological polar surface area (TPSA) is 54.0 Å². The Kier molecular flexibility index (Phi) is 5.93. The molecular formula is C19H24N2O3. The van der Waals surface area contributed by atoms with Crippen molar-refractivity contribution >= 4 is 11.4 Å². The Bertz CT molecular complexity index is 625. The Hall–Kier alpha value is -2.24. The highest BCUT2D eigenvalue weighted by molar-refractivity contribution is 5.56. The maximum atomic E-state index is 8.78. The lowest BCUT2D eigenvalue weighted by molar-refractivity contribution is 0.122. The molecule has 2 aromatic carbocycles. The molecular weight excluding hydrogens is 304 g/mol. The lowest BCUT2D eigenvalue weighted by Gasteiger charge is -2.30. The van der Waals surface area contributed by atoms with E-state index in [2.05, 4.69) is 34.5 Å². The van der Waals surface area contributed by atoms with Gasteiger partial charge >= 0.3 is 0 Å². The Labute approximate surface area is 142 Å². The first-order valence-electron chi connectivity index (χ1n) is 8.35. The summed E-state index contributed by atoms with van der Waals surface area (Å²) in [5.41, 5.74) is 3.60. The molecule has 3 rings (SSSR count). The van der Waals surface area contributed by atoms with E-state index in [-0.39, 0.29) is 6.61 Å². The lowest BCUT2D eigenvalue weighted by atomic mass is 10.1. The van der Waals surface area contributed by atoms with E-state index >= 15 is 0 Å². The van der Waals surface area contributed by atoms with E-state index in [4.69, 9.17) is 14.6 Å². The molecule has 0 atom stereocenters. The highest BCUT2D eigenvalue weighted by Gasteiger charge is 2.14. The zero-order valence-corrected chi connectivity index (χ0v) is 13.8. The van der Waals surface area contributed by atoms with E-state index in [0.717, 1.165) is 44.3 Å². The molecule has 0 amide bonds. The van der Waals surface area contributed by atoms with Crippen LogP contribution in [0, 0.1) is 0 Å². The van der Waals surface area contributed by atoms with Crippen LogP contribution >= 0.6 is 0 Å². The number of hydrogen-bond donors (Lipinski definition) is 2. The van der Waals surface area contributed by atoms with Crippen molar-refractivity contribution < 1.29 is 14.6 Å². The number of benzene rings is 2. The number of nitrogens with zero attached hydrogens (tertiary/aromatic N) is 1. The molecule has 128 valence electrons. The van der Waals surface area contributed by atoms with Crippen molar-refractivity contribution in [3.05, 3.63) is 54.1 Å². The number of aliphatic hydroxyl groups is 1. The quantitative estimate of drug-likeness (QED) is 0.818. The predicted molar refractivity (Wildman–Crippen MR) is 95.8 cm³/mol. The maximum absolute atomic E-state index is 8.78. The number of aliphatic hydroxyl groups excluding tert-OH is 1. The van der Waals surface area contributed by atoms with Crippen molar-refractivity contribution in [2.75, 3.05) is 49.7 Å². The minimum absolute atomic E-state index is 0.0261. The molecule has 1 aliphatic heterocycles. The summed E-state index contributed by atoms with van der Waals surface area (Å²) in [4.78, 5) is 2.38. The fraction of sp³-hybridized carbons (Fsp3) is 0.368. The summed E-state index contributed by atoms with van der Waals surface area (Å²) in [6.45, 7) is 4.57. The minimum atomic E-state index is 0.0261. The third-order valence-corrected chi connectivity index (χ3v) is 4.04. The molecule has 0 aliphatic carbocycles. The van der Waals surface area contributed by atoms with Crippen LogP contribution in [0.15, 0.2) is 48.5 Å². The molecule has 0 aromatic heterocycles. The molecule has 5 heteroatoms. The molecule has 1 heterocycles. The monoisotopic (exact) mass is 328 g/mol. The van der Waals surface area contributed by atoms with Gasteiger partial charge in [-0.15, -0.1) is 0 Å². The van der Waals surface area contributed by atoms with Crippen LogP contribution in [-0.2, 0) is 11.3 Å². The summed E-state index contributed by atoms with van der Waals surface area (Å²) in [5.74, 6) is 0.767. The average molecular weight is 328 g/mol. The zero-order valence-electron chi connectivity index (χ0n) is 13.8. The van der Waals surface area contributed by atoms with Crippen LogP contribution in [0.1, 0.15) is 5.56 Å². The van der Waals surface area contributed by atoms with Gasteiger partial charge in [0.05, 0.1) is 19.8 Å². The molecule has 24 heavy (non-hydrogen) atoms. The first kappa shape index (κ1) is 16.6. The van der Waals surface area contributed by atoms with Gasteiger partial charge in [-0.05, 0) is 35.9 Å². The molecule has 0 bridgehead atoms. The number of hydrogen-bond acceptors (Lipinski definition) is 5. The molecule has 0 radical (unpaired) electrons. The van der Waals surface area contributed by atoms with Crippen molar-refractivity contribution in [1.29, 1.82) is 0 Å². The van der Waals surface area contributed by atoms with Gasteiger partial charge in [0.2, 0.25) is 0 Å². The van der Waals surface area contributed by atoms with Gasteiger partial charge in [-0.1, -0.05) is 18.2 Å². The van der Waals surface area contributed by atoms with Gasteiger partial charge in [0.25, 0.3) is 0 Å². The van der Waals surface area contributed by atoms with Crippen LogP contribution in [0.2, 0.25) is 0 Å². The van der Waals surface area contributed by atoms with Crippen LogP contribution in [0.3, 0.4) is 0 Å². The van der Waals surface area contributed by atoms with Gasteiger partial charge in [0, 0.05) is 31.0 Å². The summed E-state index contributed by atoms with van der Waals surface area (Å²) < 4.78 is 10.8. The number of anilines is 2. The van der Waals surface area contributed by atoms with Crippen LogP contribution in [0.5, 0.6) is 5.75 Å². The van der Waals surface area contributed by atoms with Crippen molar-refractivity contribution in [2.24, 2.45) is 0 Å². The second-order valence-corrected chi connectivity index (χ2v) is 5.68. The molecule has 1 aliphatic rings. The Morgan fingerprint density at radius 3 is 2.54 bits per heavy atom. The molecule has 0 spiro atoms. The third-order valence-electron chi connectivity index (χ3n) is 4.04. The summed E-state index contributed by atoms with van der Waals surface area (Å²) >= 11 is 0. The first-order chi connectivity index (χ1) is 11.9. The Balaban J connectivity index is 1.62. The zero-order chi connectivity index (χ0) is 16.6. The van der Waals surface area contributed by atoms with E-state index in [1.54, 1.807) is 0 Å². The van der Waals surface area contributed by atoms with E-state index in [0.29, 0.717) is 6.61 Å². The predicted octanol–water partition coefficient (Wildman–Crippen LogP) is 2.51. The van der Waals surface area contributed by atoms with E-state index in [1.807, 2.05) is 24.3 Å². The van der Waals surface area contributed by atoms with E-state index < -0.39 is 0 Å². The van der Waals surface area contributed by atoms with Crippen LogP contribution < -0.4 is 15.0 Å². The first-order valence-corrected chi connectivity index (χ1v) is 8.35. The standard InChI is InChI=1S/C19H24N2O3/c22-11-14-24-18-7-5-17(6-8-18)20-15-16-3-1-2-4-19(16)21-9-12-23-13-10-21/h1-8,20,22H,9-15H2. The van der Waals surface area contributed by atoms with Crippen molar-refractivity contribution in [3.63, 3.8) is 0 Å². The summed E-state index contributed by atoms with van der Waals surface area (Å²) in [6, 6.07) is 16.3. The summed E-state index contributed by atoms with van der Waals surface area (Å²) in [6.07, 6.45) is 0. The summed E-state index contributed by atoms with van der Waals surface area (Å²) in [5, 5.41) is 12.2. The third kappa shape index (κ3) is 4.40. The van der Waals surface area contributed by atoms with Gasteiger partial charge in [-0.2, -0.15) is 0 Å². The van der Waals surface area contributed by atoms with Crippen molar-refractivity contribution in [1.82, 2.24) is 0 Å². The van der Waals surface area contributed by atoms with Gasteiger partial charge in [0.15, 0.2) is 0 Å². The number of para-hydroxylation sites is 1. The van der Waals surface area contributed by atoms with Crippen LogP contribution in [-0.4, -0.2) is 44.6 Å². The van der Waals surface area contributed by atoms with Crippen LogP contribution in [0.4, 0.5) is 11.4 Å². The van der Waals surface area contributed by atoms with Crippen LogP contribution in [0.25, 0.3) is 0 Å². The fourth-order valence-electron chi connectivity index (χ4n) is 2.80. The molecule has 0 saturated carbocycles. The second-order valence-electron chi connectivity index (χ2n) is 5.68. The van der Waals surface area contributed by atoms with E-state index in [1.165, 1.54) is 11.3 Å². The number of rotatable bonds is 7. The van der Waals surface area contributed by atoms with E-state index in [9.17, 15) is 0 Å². The molecule has 1 saturated heterocycles. The number of nitrogens with one attached hydrogen (secondary N) is 1. The molecule has 2 N–H and O–H groups in total. The van der Waals surface area contributed by atoms with Gasteiger partial charge < -0.3 is 24.8 Å². The largest absolute Gasteiger partial charge is 0.491 e.